The van der Waals surface area contributed by atoms with Gasteiger partial charge in [-0.3, -0.25) is 4.79 Å². The molecule has 0 spiro atoms. The molecular weight excluding hydrogens is 252 g/mol. The third-order valence-corrected chi connectivity index (χ3v) is 2.92. The molecule has 2 aromatic carbocycles. The molecule has 0 atom stereocenters. The molecule has 0 saturated heterocycles. The molecule has 0 aliphatic heterocycles. The first-order valence-corrected chi connectivity index (χ1v) is 6.41. The van der Waals surface area contributed by atoms with E-state index in [4.69, 9.17) is 10.5 Å². The maximum atomic E-state index is 12.2. The number of hydrogen-bond donors (Lipinski definition) is 2. The summed E-state index contributed by atoms with van der Waals surface area (Å²) >= 11 is 0. The molecule has 104 valence electrons. The van der Waals surface area contributed by atoms with Crippen LogP contribution in [0.25, 0.3) is 0 Å². The first-order chi connectivity index (χ1) is 9.72. The van der Waals surface area contributed by atoms with Crippen LogP contribution in [0.15, 0.2) is 48.5 Å². The SMILES string of the molecule is COCc1cccc(NC(=O)c2cccc(CN)c2)c1. The predicted octanol–water partition coefficient (Wildman–Crippen LogP) is 2.54. The Hall–Kier alpha value is -2.17. The minimum absolute atomic E-state index is 0.144. The van der Waals surface area contributed by atoms with Crippen LogP contribution in [0, 0.1) is 0 Å². The lowest BCUT2D eigenvalue weighted by molar-refractivity contribution is 0.102. The number of rotatable bonds is 5. The van der Waals surface area contributed by atoms with Gasteiger partial charge in [-0.25, -0.2) is 0 Å². The Morgan fingerprint density at radius 2 is 1.90 bits per heavy atom. The first kappa shape index (κ1) is 14.2. The van der Waals surface area contributed by atoms with Gasteiger partial charge >= 0.3 is 0 Å². The Bertz CT molecular complexity index is 597. The van der Waals surface area contributed by atoms with Crippen LogP contribution in [0.4, 0.5) is 5.69 Å². The molecule has 0 unspecified atom stereocenters. The number of nitrogens with one attached hydrogen (secondary N) is 1. The number of ether oxygens (including phenoxy) is 1. The van der Waals surface area contributed by atoms with Gasteiger partial charge in [0.2, 0.25) is 0 Å². The van der Waals surface area contributed by atoms with Gasteiger partial charge in [-0.2, -0.15) is 0 Å². The van der Waals surface area contributed by atoms with Gasteiger partial charge in [0.05, 0.1) is 6.61 Å². The Labute approximate surface area is 118 Å². The molecule has 0 radical (unpaired) electrons. The van der Waals surface area contributed by atoms with Gasteiger partial charge in [-0.1, -0.05) is 24.3 Å². The van der Waals surface area contributed by atoms with Crippen molar-refractivity contribution in [3.05, 3.63) is 65.2 Å². The fourth-order valence-electron chi connectivity index (χ4n) is 1.95. The molecule has 4 heteroatoms. The Balaban J connectivity index is 2.12. The van der Waals surface area contributed by atoms with E-state index in [1.807, 2.05) is 36.4 Å². The topological polar surface area (TPSA) is 64.3 Å². The average molecular weight is 270 g/mol. The van der Waals surface area contributed by atoms with E-state index in [2.05, 4.69) is 5.32 Å². The van der Waals surface area contributed by atoms with Crippen molar-refractivity contribution in [2.24, 2.45) is 5.73 Å². The first-order valence-electron chi connectivity index (χ1n) is 6.41. The number of hydrogen-bond acceptors (Lipinski definition) is 3. The van der Waals surface area contributed by atoms with Crippen LogP contribution >= 0.6 is 0 Å². The highest BCUT2D eigenvalue weighted by Gasteiger charge is 2.06. The third kappa shape index (κ3) is 3.66. The van der Waals surface area contributed by atoms with E-state index in [1.165, 1.54) is 0 Å². The molecule has 0 fully saturated rings. The summed E-state index contributed by atoms with van der Waals surface area (Å²) in [6, 6.07) is 14.9. The molecule has 0 aliphatic rings. The highest BCUT2D eigenvalue weighted by Crippen LogP contribution is 2.13. The van der Waals surface area contributed by atoms with Crippen LogP contribution in [0.1, 0.15) is 21.5 Å². The number of benzene rings is 2. The number of methoxy groups -OCH3 is 1. The fraction of sp³-hybridized carbons (Fsp3) is 0.188. The second-order valence-corrected chi connectivity index (χ2v) is 4.49. The highest BCUT2D eigenvalue weighted by molar-refractivity contribution is 6.04. The van der Waals surface area contributed by atoms with E-state index in [0.29, 0.717) is 18.7 Å². The molecule has 0 saturated carbocycles. The summed E-state index contributed by atoms with van der Waals surface area (Å²) in [5.74, 6) is -0.144. The monoisotopic (exact) mass is 270 g/mol. The largest absolute Gasteiger partial charge is 0.380 e. The van der Waals surface area contributed by atoms with E-state index in [1.54, 1.807) is 19.2 Å². The summed E-state index contributed by atoms with van der Waals surface area (Å²) in [4.78, 5) is 12.2. The zero-order valence-electron chi connectivity index (χ0n) is 11.4. The van der Waals surface area contributed by atoms with Gasteiger partial charge in [0.25, 0.3) is 5.91 Å². The van der Waals surface area contributed by atoms with Gasteiger partial charge in [-0.15, -0.1) is 0 Å². The van der Waals surface area contributed by atoms with Gasteiger partial charge in [-0.05, 0) is 35.4 Å². The summed E-state index contributed by atoms with van der Waals surface area (Å²) in [5.41, 5.74) is 8.88. The molecule has 0 aromatic heterocycles. The third-order valence-electron chi connectivity index (χ3n) is 2.92. The Morgan fingerprint density at radius 1 is 1.15 bits per heavy atom. The normalized spacial score (nSPS) is 10.3. The summed E-state index contributed by atoms with van der Waals surface area (Å²) in [6.07, 6.45) is 0. The molecule has 1 amide bonds. The van der Waals surface area contributed by atoms with E-state index < -0.39 is 0 Å². The molecule has 3 N–H and O–H groups in total. The smallest absolute Gasteiger partial charge is 0.255 e. The molecule has 4 nitrogen and oxygen atoms in total. The van der Waals surface area contributed by atoms with E-state index in [0.717, 1.165) is 16.8 Å². The highest BCUT2D eigenvalue weighted by atomic mass is 16.5. The van der Waals surface area contributed by atoms with E-state index in [9.17, 15) is 4.79 Å². The van der Waals surface area contributed by atoms with Crippen molar-refractivity contribution in [3.8, 4) is 0 Å². The number of nitrogens with two attached hydrogens (primary N) is 1. The number of anilines is 1. The maximum Gasteiger partial charge on any atom is 0.255 e. The lowest BCUT2D eigenvalue weighted by Crippen LogP contribution is -2.12. The summed E-state index contributed by atoms with van der Waals surface area (Å²) in [5, 5.41) is 2.87. The van der Waals surface area contributed by atoms with Crippen LogP contribution in [-0.4, -0.2) is 13.0 Å². The van der Waals surface area contributed by atoms with E-state index >= 15 is 0 Å². The maximum absolute atomic E-state index is 12.2. The molecular formula is C16H18N2O2. The minimum Gasteiger partial charge on any atom is -0.380 e. The van der Waals surface area contributed by atoms with Crippen LogP contribution in [0.5, 0.6) is 0 Å². The van der Waals surface area contributed by atoms with Crippen molar-refractivity contribution in [1.29, 1.82) is 0 Å². The number of carbonyl (C=O) groups excluding carboxylic acids is 1. The standard InChI is InChI=1S/C16H18N2O2/c1-20-11-13-5-3-7-15(9-13)18-16(19)14-6-2-4-12(8-14)10-17/h2-9H,10-11,17H2,1H3,(H,18,19). The van der Waals surface area contributed by atoms with Crippen molar-refractivity contribution in [2.45, 2.75) is 13.2 Å². The van der Waals surface area contributed by atoms with Gasteiger partial charge in [0, 0.05) is 24.9 Å². The summed E-state index contributed by atoms with van der Waals surface area (Å²) in [7, 11) is 1.64. The van der Waals surface area contributed by atoms with Crippen LogP contribution in [0.3, 0.4) is 0 Å². The summed E-state index contributed by atoms with van der Waals surface area (Å²) in [6.45, 7) is 0.941. The Kier molecular flexibility index (Phi) is 4.87. The molecule has 2 aromatic rings. The lowest BCUT2D eigenvalue weighted by atomic mass is 10.1. The van der Waals surface area contributed by atoms with Gasteiger partial charge in [0.15, 0.2) is 0 Å². The average Bonchev–Trinajstić information content (AvgIpc) is 2.48. The summed E-state index contributed by atoms with van der Waals surface area (Å²) < 4.78 is 5.08. The molecule has 2 rings (SSSR count). The zero-order chi connectivity index (χ0) is 14.4. The lowest BCUT2D eigenvalue weighted by Gasteiger charge is -2.08. The van der Waals surface area contributed by atoms with Gasteiger partial charge in [0.1, 0.15) is 0 Å². The fourth-order valence-corrected chi connectivity index (χ4v) is 1.95. The van der Waals surface area contributed by atoms with Crippen molar-refractivity contribution in [3.63, 3.8) is 0 Å². The molecule has 20 heavy (non-hydrogen) atoms. The quantitative estimate of drug-likeness (QED) is 0.877. The van der Waals surface area contributed by atoms with Crippen LogP contribution < -0.4 is 11.1 Å². The number of amides is 1. The molecule has 0 aliphatic carbocycles. The van der Waals surface area contributed by atoms with Crippen LogP contribution in [-0.2, 0) is 17.9 Å². The second-order valence-electron chi connectivity index (χ2n) is 4.49. The van der Waals surface area contributed by atoms with Crippen molar-refractivity contribution < 1.29 is 9.53 Å². The van der Waals surface area contributed by atoms with Crippen molar-refractivity contribution >= 4 is 11.6 Å². The van der Waals surface area contributed by atoms with Crippen LogP contribution in [0.2, 0.25) is 0 Å². The number of carbonyl (C=O) groups is 1. The van der Waals surface area contributed by atoms with Crippen molar-refractivity contribution in [1.82, 2.24) is 0 Å². The molecule has 0 bridgehead atoms. The minimum atomic E-state index is -0.144. The van der Waals surface area contributed by atoms with Crippen molar-refractivity contribution in [2.75, 3.05) is 12.4 Å². The zero-order valence-corrected chi connectivity index (χ0v) is 11.4. The van der Waals surface area contributed by atoms with E-state index in [-0.39, 0.29) is 5.91 Å². The Morgan fingerprint density at radius 3 is 2.65 bits per heavy atom. The van der Waals surface area contributed by atoms with Gasteiger partial charge < -0.3 is 15.8 Å². The molecule has 0 heterocycles. The predicted molar refractivity (Wildman–Crippen MR) is 79.4 cm³/mol. The second kappa shape index (κ2) is 6.84.